The molecule has 0 radical (unpaired) electrons. The third-order valence-electron chi connectivity index (χ3n) is 3.51. The van der Waals surface area contributed by atoms with Crippen LogP contribution < -0.4 is 10.6 Å². The fourth-order valence-corrected chi connectivity index (χ4v) is 3.26. The number of rotatable bonds is 5. The number of anilines is 2. The summed E-state index contributed by atoms with van der Waals surface area (Å²) in [5.74, 6) is -0.734. The first kappa shape index (κ1) is 18.4. The molecule has 6 nitrogen and oxygen atoms in total. The number of amides is 2. The van der Waals surface area contributed by atoms with Crippen molar-refractivity contribution < 1.29 is 9.59 Å². The Bertz CT molecular complexity index is 967. The number of hydrogen-bond acceptors (Lipinski definition) is 4. The first-order valence-electron chi connectivity index (χ1n) is 7.66. The Kier molecular flexibility index (Phi) is 5.61. The number of nitrogens with zero attached hydrogens (tertiary/aromatic N) is 2. The molecule has 0 saturated heterocycles. The number of benzene rings is 1. The maximum atomic E-state index is 12.5. The van der Waals surface area contributed by atoms with Crippen LogP contribution in [0.1, 0.15) is 27.8 Å². The Morgan fingerprint density at radius 3 is 2.62 bits per heavy atom. The smallest absolute Gasteiger partial charge is 0.276 e. The monoisotopic (exact) mass is 408 g/mol. The van der Waals surface area contributed by atoms with E-state index in [2.05, 4.69) is 15.7 Å². The average molecular weight is 409 g/mol. The quantitative estimate of drug-likeness (QED) is 0.637. The Morgan fingerprint density at radius 1 is 1.12 bits per heavy atom. The number of hydrogen-bond donors (Lipinski definition) is 2. The summed E-state index contributed by atoms with van der Waals surface area (Å²) in [7, 11) is 0. The topological polar surface area (TPSA) is 76.0 Å². The van der Waals surface area contributed by atoms with Crippen LogP contribution in [-0.2, 0) is 6.54 Å². The van der Waals surface area contributed by atoms with E-state index in [1.807, 2.05) is 6.92 Å². The molecule has 0 aliphatic heterocycles. The van der Waals surface area contributed by atoms with Crippen LogP contribution in [0.15, 0.2) is 41.9 Å². The molecule has 0 aliphatic carbocycles. The SMILES string of the molecule is CCn1ccc(C(=O)Nc2sccc2C(=O)Nc2ccc(Cl)c(Cl)c2)n1. The van der Waals surface area contributed by atoms with E-state index in [0.29, 0.717) is 32.8 Å². The van der Waals surface area contributed by atoms with Crippen molar-refractivity contribution in [3.63, 3.8) is 0 Å². The highest BCUT2D eigenvalue weighted by molar-refractivity contribution is 7.14. The molecular formula is C17H14Cl2N4O2S. The molecule has 3 rings (SSSR count). The van der Waals surface area contributed by atoms with Gasteiger partial charge in [0, 0.05) is 18.4 Å². The maximum absolute atomic E-state index is 12.5. The van der Waals surface area contributed by atoms with Crippen molar-refractivity contribution >= 4 is 57.0 Å². The zero-order chi connectivity index (χ0) is 18.7. The van der Waals surface area contributed by atoms with Crippen molar-refractivity contribution in [1.82, 2.24) is 9.78 Å². The minimum atomic E-state index is -0.372. The van der Waals surface area contributed by atoms with Crippen LogP contribution in [0, 0.1) is 0 Å². The van der Waals surface area contributed by atoms with Crippen molar-refractivity contribution in [2.45, 2.75) is 13.5 Å². The molecule has 0 unspecified atom stereocenters. The predicted molar refractivity (Wildman–Crippen MR) is 105 cm³/mol. The molecule has 2 aromatic heterocycles. The second-order valence-electron chi connectivity index (χ2n) is 5.26. The van der Waals surface area contributed by atoms with Crippen LogP contribution in [-0.4, -0.2) is 21.6 Å². The maximum Gasteiger partial charge on any atom is 0.276 e. The zero-order valence-corrected chi connectivity index (χ0v) is 16.0. The van der Waals surface area contributed by atoms with Crippen molar-refractivity contribution in [3.05, 3.63) is 63.2 Å². The number of thiophene rings is 1. The molecule has 26 heavy (non-hydrogen) atoms. The lowest BCUT2D eigenvalue weighted by Crippen LogP contribution is -2.17. The predicted octanol–water partition coefficient (Wildman–Crippen LogP) is 4.78. The lowest BCUT2D eigenvalue weighted by Gasteiger charge is -2.08. The lowest BCUT2D eigenvalue weighted by atomic mass is 10.2. The molecule has 0 bridgehead atoms. The lowest BCUT2D eigenvalue weighted by molar-refractivity contribution is 0.102. The molecule has 2 heterocycles. The second-order valence-corrected chi connectivity index (χ2v) is 6.99. The molecule has 9 heteroatoms. The van der Waals surface area contributed by atoms with Gasteiger partial charge in [0.2, 0.25) is 0 Å². The number of halogens is 2. The number of nitrogens with one attached hydrogen (secondary N) is 2. The van der Waals surface area contributed by atoms with E-state index in [4.69, 9.17) is 23.2 Å². The van der Waals surface area contributed by atoms with Crippen LogP contribution in [0.5, 0.6) is 0 Å². The minimum absolute atomic E-state index is 0.288. The van der Waals surface area contributed by atoms with Crippen LogP contribution in [0.25, 0.3) is 0 Å². The number of aryl methyl sites for hydroxylation is 1. The van der Waals surface area contributed by atoms with Gasteiger partial charge in [0.15, 0.2) is 5.69 Å². The third-order valence-corrected chi connectivity index (χ3v) is 5.08. The van der Waals surface area contributed by atoms with E-state index in [-0.39, 0.29) is 17.5 Å². The van der Waals surface area contributed by atoms with Gasteiger partial charge in [-0.3, -0.25) is 14.3 Å². The molecule has 2 amide bonds. The largest absolute Gasteiger partial charge is 0.322 e. The Hall–Kier alpha value is -2.35. The molecule has 134 valence electrons. The van der Waals surface area contributed by atoms with Crippen LogP contribution in [0.2, 0.25) is 10.0 Å². The van der Waals surface area contributed by atoms with Gasteiger partial charge in [-0.2, -0.15) is 5.10 Å². The van der Waals surface area contributed by atoms with Gasteiger partial charge in [-0.1, -0.05) is 23.2 Å². The second kappa shape index (κ2) is 7.90. The molecule has 1 aromatic carbocycles. The summed E-state index contributed by atoms with van der Waals surface area (Å²) in [6, 6.07) is 8.07. The summed E-state index contributed by atoms with van der Waals surface area (Å²) >= 11 is 13.1. The first-order valence-corrected chi connectivity index (χ1v) is 9.30. The molecule has 3 aromatic rings. The fraction of sp³-hybridized carbons (Fsp3) is 0.118. The van der Waals surface area contributed by atoms with Gasteiger partial charge in [0.05, 0.1) is 15.6 Å². The summed E-state index contributed by atoms with van der Waals surface area (Å²) in [6.07, 6.45) is 1.72. The molecule has 0 fully saturated rings. The van der Waals surface area contributed by atoms with E-state index >= 15 is 0 Å². The molecule has 0 atom stereocenters. The van der Waals surface area contributed by atoms with E-state index in [1.165, 1.54) is 11.3 Å². The average Bonchev–Trinajstić information content (AvgIpc) is 3.27. The summed E-state index contributed by atoms with van der Waals surface area (Å²) in [5.41, 5.74) is 1.15. The van der Waals surface area contributed by atoms with Gasteiger partial charge in [0.1, 0.15) is 5.00 Å². The van der Waals surface area contributed by atoms with Crippen molar-refractivity contribution in [3.8, 4) is 0 Å². The van der Waals surface area contributed by atoms with Crippen molar-refractivity contribution in [2.24, 2.45) is 0 Å². The van der Waals surface area contributed by atoms with E-state index in [9.17, 15) is 9.59 Å². The number of aromatic nitrogens is 2. The number of carbonyl (C=O) groups is 2. The highest BCUT2D eigenvalue weighted by Crippen LogP contribution is 2.27. The molecule has 2 N–H and O–H groups in total. The molecular weight excluding hydrogens is 395 g/mol. The van der Waals surface area contributed by atoms with Gasteiger partial charge >= 0.3 is 0 Å². The molecule has 0 aliphatic rings. The summed E-state index contributed by atoms with van der Waals surface area (Å²) < 4.78 is 1.65. The van der Waals surface area contributed by atoms with Crippen LogP contribution in [0.4, 0.5) is 10.7 Å². The molecule has 0 saturated carbocycles. The highest BCUT2D eigenvalue weighted by Gasteiger charge is 2.17. The summed E-state index contributed by atoms with van der Waals surface area (Å²) in [4.78, 5) is 24.8. The fourth-order valence-electron chi connectivity index (χ4n) is 2.18. The Morgan fingerprint density at radius 2 is 1.92 bits per heavy atom. The molecule has 0 spiro atoms. The van der Waals surface area contributed by atoms with Crippen LogP contribution in [0.3, 0.4) is 0 Å². The van der Waals surface area contributed by atoms with Gasteiger partial charge in [-0.25, -0.2) is 0 Å². The summed E-state index contributed by atoms with van der Waals surface area (Å²) in [6.45, 7) is 2.60. The van der Waals surface area contributed by atoms with Crippen molar-refractivity contribution in [2.75, 3.05) is 10.6 Å². The number of carbonyl (C=O) groups excluding carboxylic acids is 2. The Balaban J connectivity index is 1.73. The summed E-state index contributed by atoms with van der Waals surface area (Å²) in [5, 5.41) is 12.5. The van der Waals surface area contributed by atoms with E-state index in [1.54, 1.807) is 46.6 Å². The zero-order valence-electron chi connectivity index (χ0n) is 13.6. The van der Waals surface area contributed by atoms with Gasteiger partial charge in [0.25, 0.3) is 11.8 Å². The van der Waals surface area contributed by atoms with E-state index in [0.717, 1.165) is 0 Å². The highest BCUT2D eigenvalue weighted by atomic mass is 35.5. The van der Waals surface area contributed by atoms with Crippen LogP contribution >= 0.6 is 34.5 Å². The first-order chi connectivity index (χ1) is 12.5. The Labute approximate surface area is 163 Å². The van der Waals surface area contributed by atoms with Gasteiger partial charge < -0.3 is 10.6 Å². The third kappa shape index (κ3) is 4.07. The standard InChI is InChI=1S/C17H14Cl2N4O2S/c1-2-23-7-5-14(22-23)16(25)21-17-11(6-8-26-17)15(24)20-10-3-4-12(18)13(19)9-10/h3-9H,2H2,1H3,(H,20,24)(H,21,25). The van der Waals surface area contributed by atoms with E-state index < -0.39 is 0 Å². The van der Waals surface area contributed by atoms with Crippen molar-refractivity contribution in [1.29, 1.82) is 0 Å². The normalized spacial score (nSPS) is 10.6. The van der Waals surface area contributed by atoms with Gasteiger partial charge in [-0.05, 0) is 42.6 Å². The minimum Gasteiger partial charge on any atom is -0.322 e. The van der Waals surface area contributed by atoms with Gasteiger partial charge in [-0.15, -0.1) is 11.3 Å².